The zero-order chi connectivity index (χ0) is 16.0. The van der Waals surface area contributed by atoms with E-state index in [0.717, 1.165) is 12.0 Å². The molecule has 0 radical (unpaired) electrons. The Morgan fingerprint density at radius 1 is 1.14 bits per heavy atom. The molecule has 5 nitrogen and oxygen atoms in total. The van der Waals surface area contributed by atoms with Crippen LogP contribution in [0.5, 0.6) is 0 Å². The molecule has 2 amide bonds. The molecule has 1 rings (SSSR count). The molecule has 5 heteroatoms. The van der Waals surface area contributed by atoms with E-state index in [-0.39, 0.29) is 0 Å². The van der Waals surface area contributed by atoms with E-state index in [2.05, 4.69) is 17.6 Å². The van der Waals surface area contributed by atoms with Gasteiger partial charge in [0.1, 0.15) is 6.04 Å². The number of urea groups is 1. The van der Waals surface area contributed by atoms with Gasteiger partial charge in [0, 0.05) is 6.54 Å². The van der Waals surface area contributed by atoms with Crippen molar-refractivity contribution in [2.45, 2.75) is 46.7 Å². The molecule has 0 bridgehead atoms. The molecule has 1 aromatic rings. The van der Waals surface area contributed by atoms with Crippen molar-refractivity contribution in [3.05, 3.63) is 35.4 Å². The second-order valence-electron chi connectivity index (χ2n) is 6.13. The molecule has 3 N–H and O–H groups in total. The molecule has 0 spiro atoms. The molecule has 0 saturated carbocycles. The van der Waals surface area contributed by atoms with Crippen LogP contribution < -0.4 is 10.6 Å². The van der Waals surface area contributed by atoms with Crippen molar-refractivity contribution in [3.8, 4) is 0 Å². The number of carbonyl (C=O) groups excluding carboxylic acids is 1. The molecule has 0 heterocycles. The Morgan fingerprint density at radius 3 is 2.10 bits per heavy atom. The normalized spacial score (nSPS) is 12.6. The SMILES string of the molecule is CCc1ccc(CNC(=O)N[C@@H](C(=O)O)C(C)(C)C)cc1. The summed E-state index contributed by atoms with van der Waals surface area (Å²) in [6.07, 6.45) is 0.972. The van der Waals surface area contributed by atoms with E-state index in [9.17, 15) is 9.59 Å². The van der Waals surface area contributed by atoms with Gasteiger partial charge in [-0.25, -0.2) is 9.59 Å². The summed E-state index contributed by atoms with van der Waals surface area (Å²) in [5, 5.41) is 14.3. The minimum atomic E-state index is -1.04. The molecular formula is C16H24N2O3. The minimum Gasteiger partial charge on any atom is -0.480 e. The van der Waals surface area contributed by atoms with Gasteiger partial charge in [0.2, 0.25) is 0 Å². The first-order chi connectivity index (χ1) is 9.74. The van der Waals surface area contributed by atoms with E-state index in [1.165, 1.54) is 5.56 Å². The molecule has 0 aromatic heterocycles. The molecule has 0 aliphatic heterocycles. The fourth-order valence-corrected chi connectivity index (χ4v) is 1.91. The smallest absolute Gasteiger partial charge is 0.326 e. The number of carboxylic acid groups (broad SMARTS) is 1. The van der Waals surface area contributed by atoms with Crippen LogP contribution in [0.15, 0.2) is 24.3 Å². The Labute approximate surface area is 125 Å². The molecule has 116 valence electrons. The van der Waals surface area contributed by atoms with Gasteiger partial charge in [-0.1, -0.05) is 52.0 Å². The van der Waals surface area contributed by atoms with E-state index in [4.69, 9.17) is 5.11 Å². The highest BCUT2D eigenvalue weighted by atomic mass is 16.4. The Morgan fingerprint density at radius 2 is 1.67 bits per heavy atom. The predicted molar refractivity (Wildman–Crippen MR) is 82.1 cm³/mol. The van der Waals surface area contributed by atoms with Gasteiger partial charge in [-0.3, -0.25) is 0 Å². The molecular weight excluding hydrogens is 268 g/mol. The van der Waals surface area contributed by atoms with Gasteiger partial charge in [-0.05, 0) is 23.0 Å². The Hall–Kier alpha value is -2.04. The van der Waals surface area contributed by atoms with E-state index in [0.29, 0.717) is 6.54 Å². The van der Waals surface area contributed by atoms with Crippen molar-refractivity contribution >= 4 is 12.0 Å². The van der Waals surface area contributed by atoms with E-state index >= 15 is 0 Å². The lowest BCUT2D eigenvalue weighted by atomic mass is 9.87. The summed E-state index contributed by atoms with van der Waals surface area (Å²) >= 11 is 0. The number of rotatable bonds is 5. The first-order valence-electron chi connectivity index (χ1n) is 7.09. The molecule has 0 aliphatic rings. The summed E-state index contributed by atoms with van der Waals surface area (Å²) < 4.78 is 0. The Balaban J connectivity index is 2.54. The predicted octanol–water partition coefficient (Wildman–Crippen LogP) is 2.55. The highest BCUT2D eigenvalue weighted by Gasteiger charge is 2.32. The quantitative estimate of drug-likeness (QED) is 0.780. The minimum absolute atomic E-state index is 0.367. The van der Waals surface area contributed by atoms with Gasteiger partial charge in [-0.15, -0.1) is 0 Å². The van der Waals surface area contributed by atoms with Crippen LogP contribution in [0.25, 0.3) is 0 Å². The lowest BCUT2D eigenvalue weighted by Crippen LogP contribution is -2.52. The zero-order valence-electron chi connectivity index (χ0n) is 13.1. The summed E-state index contributed by atoms with van der Waals surface area (Å²) in [5.41, 5.74) is 1.67. The van der Waals surface area contributed by atoms with Crippen molar-refractivity contribution in [3.63, 3.8) is 0 Å². The number of aliphatic carboxylic acids is 1. The molecule has 0 aliphatic carbocycles. The second kappa shape index (κ2) is 7.11. The second-order valence-corrected chi connectivity index (χ2v) is 6.13. The molecule has 0 saturated heterocycles. The fraction of sp³-hybridized carbons (Fsp3) is 0.500. The first kappa shape index (κ1) is 17.0. The average Bonchev–Trinajstić information content (AvgIpc) is 2.41. The molecule has 21 heavy (non-hydrogen) atoms. The lowest BCUT2D eigenvalue weighted by molar-refractivity contribution is -0.141. The third-order valence-corrected chi connectivity index (χ3v) is 3.27. The van der Waals surface area contributed by atoms with Gasteiger partial charge >= 0.3 is 12.0 Å². The van der Waals surface area contributed by atoms with Crippen molar-refractivity contribution < 1.29 is 14.7 Å². The van der Waals surface area contributed by atoms with Gasteiger partial charge in [0.15, 0.2) is 0 Å². The van der Waals surface area contributed by atoms with Crippen molar-refractivity contribution in [1.29, 1.82) is 0 Å². The van der Waals surface area contributed by atoms with E-state index in [1.807, 2.05) is 24.3 Å². The number of aryl methyl sites for hydroxylation is 1. The molecule has 0 unspecified atom stereocenters. The van der Waals surface area contributed by atoms with E-state index in [1.54, 1.807) is 20.8 Å². The van der Waals surface area contributed by atoms with E-state index < -0.39 is 23.5 Å². The molecule has 0 fully saturated rings. The van der Waals surface area contributed by atoms with Gasteiger partial charge in [0.25, 0.3) is 0 Å². The maximum Gasteiger partial charge on any atom is 0.326 e. The number of amides is 2. The highest BCUT2D eigenvalue weighted by Crippen LogP contribution is 2.19. The van der Waals surface area contributed by atoms with Gasteiger partial charge in [-0.2, -0.15) is 0 Å². The van der Waals surface area contributed by atoms with Crippen molar-refractivity contribution in [2.24, 2.45) is 5.41 Å². The van der Waals surface area contributed by atoms with Crippen LogP contribution in [-0.4, -0.2) is 23.1 Å². The third kappa shape index (κ3) is 5.45. The zero-order valence-corrected chi connectivity index (χ0v) is 13.1. The maximum atomic E-state index is 11.8. The van der Waals surface area contributed by atoms with Crippen LogP contribution in [-0.2, 0) is 17.8 Å². The number of nitrogens with one attached hydrogen (secondary N) is 2. The van der Waals surface area contributed by atoms with Crippen molar-refractivity contribution in [1.82, 2.24) is 10.6 Å². The van der Waals surface area contributed by atoms with Crippen LogP contribution in [0, 0.1) is 5.41 Å². The Bertz CT molecular complexity index is 489. The molecule has 1 aromatic carbocycles. The maximum absolute atomic E-state index is 11.8. The Kier molecular flexibility index (Phi) is 5.76. The number of hydrogen-bond acceptors (Lipinski definition) is 2. The van der Waals surface area contributed by atoms with Crippen LogP contribution in [0.4, 0.5) is 4.79 Å². The van der Waals surface area contributed by atoms with Crippen LogP contribution in [0.3, 0.4) is 0 Å². The topological polar surface area (TPSA) is 78.4 Å². The molecule has 1 atom stereocenters. The average molecular weight is 292 g/mol. The fourth-order valence-electron chi connectivity index (χ4n) is 1.91. The largest absolute Gasteiger partial charge is 0.480 e. The summed E-state index contributed by atoms with van der Waals surface area (Å²) in [4.78, 5) is 23.0. The standard InChI is InChI=1S/C16H24N2O3/c1-5-11-6-8-12(9-7-11)10-17-15(21)18-13(14(19)20)16(2,3)4/h6-9,13H,5,10H2,1-4H3,(H,19,20)(H2,17,18,21)/t13-/m0/s1. The van der Waals surface area contributed by atoms with Crippen LogP contribution >= 0.6 is 0 Å². The monoisotopic (exact) mass is 292 g/mol. The first-order valence-corrected chi connectivity index (χ1v) is 7.09. The van der Waals surface area contributed by atoms with Crippen molar-refractivity contribution in [2.75, 3.05) is 0 Å². The highest BCUT2D eigenvalue weighted by molar-refractivity contribution is 5.83. The van der Waals surface area contributed by atoms with Gasteiger partial charge in [0.05, 0.1) is 0 Å². The number of carboxylic acids is 1. The summed E-state index contributed by atoms with van der Waals surface area (Å²) in [7, 11) is 0. The number of carbonyl (C=O) groups is 2. The van der Waals surface area contributed by atoms with Crippen LogP contribution in [0.1, 0.15) is 38.8 Å². The van der Waals surface area contributed by atoms with Crippen LogP contribution in [0.2, 0.25) is 0 Å². The summed E-state index contributed by atoms with van der Waals surface area (Å²) in [6, 6.07) is 6.54. The third-order valence-electron chi connectivity index (χ3n) is 3.27. The lowest BCUT2D eigenvalue weighted by Gasteiger charge is -2.27. The summed E-state index contributed by atoms with van der Waals surface area (Å²) in [6.45, 7) is 7.77. The van der Waals surface area contributed by atoms with Gasteiger partial charge < -0.3 is 15.7 Å². The summed E-state index contributed by atoms with van der Waals surface area (Å²) in [5.74, 6) is -1.04. The number of hydrogen-bond donors (Lipinski definition) is 3. The number of benzene rings is 1.